The first-order valence-corrected chi connectivity index (χ1v) is 19.2. The number of thioether (sulfide) groups is 2. The van der Waals surface area contributed by atoms with Gasteiger partial charge in [-0.2, -0.15) is 0 Å². The predicted molar refractivity (Wildman–Crippen MR) is 171 cm³/mol. The molecule has 228 valence electrons. The summed E-state index contributed by atoms with van der Waals surface area (Å²) in [6.07, 6.45) is 4.65. The van der Waals surface area contributed by atoms with E-state index in [2.05, 4.69) is 0 Å². The topological polar surface area (TPSA) is 119 Å². The molecular weight excluding hydrogens is 601 g/mol. The number of fused-ring (bicyclic) bond motifs is 2. The minimum Gasteiger partial charge on any atom is -0.494 e. The molecule has 0 saturated heterocycles. The van der Waals surface area contributed by atoms with Crippen LogP contribution in [0.5, 0.6) is 11.8 Å². The van der Waals surface area contributed by atoms with Gasteiger partial charge in [0.1, 0.15) is 0 Å². The van der Waals surface area contributed by atoms with Crippen LogP contribution < -0.4 is 11.1 Å². The number of nitrogens with zero attached hydrogens (tertiary/aromatic N) is 2. The lowest BCUT2D eigenvalue weighted by Gasteiger charge is -2.29. The Hall–Kier alpha value is -1.50. The first-order valence-electron chi connectivity index (χ1n) is 14.2. The summed E-state index contributed by atoms with van der Waals surface area (Å²) in [6.45, 7) is 7.71. The Morgan fingerprint density at radius 1 is 0.707 bits per heavy atom. The number of pyridine rings is 2. The van der Waals surface area contributed by atoms with Crippen LogP contribution in [-0.4, -0.2) is 62.3 Å². The molecule has 41 heavy (non-hydrogen) atoms. The Kier molecular flexibility index (Phi) is 10.6. The quantitative estimate of drug-likeness (QED) is 0.313. The summed E-state index contributed by atoms with van der Waals surface area (Å²) in [7, 11) is -2.09. The van der Waals surface area contributed by atoms with E-state index in [0.717, 1.165) is 45.3 Å². The molecule has 12 heteroatoms. The molecule has 2 aliphatic rings. The first-order chi connectivity index (χ1) is 19.3. The van der Waals surface area contributed by atoms with Gasteiger partial charge >= 0.3 is 0 Å². The van der Waals surface area contributed by atoms with Crippen molar-refractivity contribution in [3.63, 3.8) is 0 Å². The second kappa shape index (κ2) is 13.4. The first kappa shape index (κ1) is 32.4. The third-order valence-electron chi connectivity index (χ3n) is 8.00. The van der Waals surface area contributed by atoms with Crippen LogP contribution in [0, 0.1) is 0 Å². The largest absolute Gasteiger partial charge is 0.494 e. The van der Waals surface area contributed by atoms with E-state index in [9.17, 15) is 28.2 Å². The number of aromatic nitrogens is 2. The zero-order valence-electron chi connectivity index (χ0n) is 24.4. The number of hydrogen-bond acceptors (Lipinski definition) is 8. The van der Waals surface area contributed by atoms with Crippen LogP contribution in [0.25, 0.3) is 0 Å². The molecule has 2 aromatic heterocycles. The van der Waals surface area contributed by atoms with E-state index in [1.807, 2.05) is 27.7 Å². The van der Waals surface area contributed by atoms with Crippen LogP contribution in [-0.2, 0) is 45.5 Å². The van der Waals surface area contributed by atoms with E-state index < -0.39 is 32.7 Å². The van der Waals surface area contributed by atoms with E-state index in [1.165, 1.54) is 9.13 Å². The molecule has 0 fully saturated rings. The monoisotopic (exact) mass is 642 g/mol. The fourth-order valence-electron chi connectivity index (χ4n) is 5.79. The van der Waals surface area contributed by atoms with Crippen molar-refractivity contribution in [2.45, 2.75) is 93.5 Å². The maximum Gasteiger partial charge on any atom is 0.254 e. The van der Waals surface area contributed by atoms with Crippen LogP contribution in [0.4, 0.5) is 0 Å². The van der Waals surface area contributed by atoms with Crippen LogP contribution in [0.1, 0.15) is 70.9 Å². The zero-order valence-corrected chi connectivity index (χ0v) is 27.7. The van der Waals surface area contributed by atoms with Crippen molar-refractivity contribution in [1.29, 1.82) is 0 Å². The van der Waals surface area contributed by atoms with Gasteiger partial charge in [-0.25, -0.2) is 0 Å². The molecular formula is C29H42N2O6S4. The highest BCUT2D eigenvalue weighted by Crippen LogP contribution is 2.39. The van der Waals surface area contributed by atoms with Crippen molar-refractivity contribution in [2.24, 2.45) is 0 Å². The smallest absolute Gasteiger partial charge is 0.254 e. The summed E-state index contributed by atoms with van der Waals surface area (Å²) in [5, 5.41) is 21.5. The van der Waals surface area contributed by atoms with Gasteiger partial charge in [-0.3, -0.25) is 27.1 Å². The second-order valence-corrected chi connectivity index (χ2v) is 17.7. The van der Waals surface area contributed by atoms with E-state index in [1.54, 1.807) is 35.7 Å². The van der Waals surface area contributed by atoms with Gasteiger partial charge in [0.15, 0.2) is 11.8 Å². The molecule has 0 bridgehead atoms. The van der Waals surface area contributed by atoms with Gasteiger partial charge in [0.25, 0.3) is 11.1 Å². The molecule has 0 radical (unpaired) electrons. The Morgan fingerprint density at radius 2 is 1.07 bits per heavy atom. The summed E-state index contributed by atoms with van der Waals surface area (Å²) in [6, 6.07) is 3.23. The molecule has 8 nitrogen and oxygen atoms in total. The molecule has 2 N–H and O–H groups in total. The molecule has 2 aliphatic heterocycles. The third-order valence-corrected chi connectivity index (χ3v) is 13.1. The summed E-state index contributed by atoms with van der Waals surface area (Å²) >= 11 is 3.20. The second-order valence-electron chi connectivity index (χ2n) is 12.0. The van der Waals surface area contributed by atoms with Gasteiger partial charge in [-0.1, -0.05) is 0 Å². The normalized spacial score (nSPS) is 16.5. The Bertz CT molecular complexity index is 1340. The maximum absolute atomic E-state index is 12.7. The van der Waals surface area contributed by atoms with E-state index >= 15 is 0 Å². The lowest BCUT2D eigenvalue weighted by atomic mass is 9.97. The van der Waals surface area contributed by atoms with Gasteiger partial charge in [0.05, 0.1) is 0 Å². The molecule has 2 unspecified atom stereocenters. The van der Waals surface area contributed by atoms with Crippen LogP contribution >= 0.6 is 23.5 Å². The zero-order chi connectivity index (χ0) is 29.9. The van der Waals surface area contributed by atoms with Crippen molar-refractivity contribution in [2.75, 3.05) is 34.5 Å². The average Bonchev–Trinajstić information content (AvgIpc) is 3.53. The summed E-state index contributed by atoms with van der Waals surface area (Å²) in [4.78, 5) is 27.1. The van der Waals surface area contributed by atoms with Gasteiger partial charge < -0.3 is 10.2 Å². The summed E-state index contributed by atoms with van der Waals surface area (Å²) in [5.41, 5.74) is 0.0908. The lowest BCUT2D eigenvalue weighted by Crippen LogP contribution is -2.36. The molecule has 0 amide bonds. The van der Waals surface area contributed by atoms with E-state index in [-0.39, 0.29) is 22.9 Å². The Balaban J connectivity index is 1.17. The van der Waals surface area contributed by atoms with Crippen LogP contribution in [0.3, 0.4) is 0 Å². The van der Waals surface area contributed by atoms with Gasteiger partial charge in [-0.05, 0) is 72.6 Å². The average molecular weight is 643 g/mol. The summed E-state index contributed by atoms with van der Waals surface area (Å²) < 4.78 is 28.2. The van der Waals surface area contributed by atoms with Crippen LogP contribution in [0.2, 0.25) is 0 Å². The highest BCUT2D eigenvalue weighted by Gasteiger charge is 2.30. The van der Waals surface area contributed by atoms with Crippen molar-refractivity contribution in [3.8, 4) is 11.8 Å². The van der Waals surface area contributed by atoms with Crippen molar-refractivity contribution in [3.05, 3.63) is 44.0 Å². The molecule has 0 aliphatic carbocycles. The molecule has 2 aromatic rings. The van der Waals surface area contributed by atoms with Crippen molar-refractivity contribution >= 4 is 45.1 Å². The molecule has 4 heterocycles. The highest BCUT2D eigenvalue weighted by atomic mass is 32.2. The molecule has 0 saturated carbocycles. The number of rotatable bonds is 14. The number of hydrogen-bond donors (Lipinski definition) is 2. The SMILES string of the molecule is CC(C)(CCCS(=O)CCCS(=O)CCCC(C)(C)n1c(O)c2c(cc1=O)SCC2)n1c(O)c2c(cc1=O)SCC2. The predicted octanol–water partition coefficient (Wildman–Crippen LogP) is 4.34. The van der Waals surface area contributed by atoms with E-state index in [0.29, 0.717) is 55.1 Å². The molecule has 0 aromatic carbocycles. The van der Waals surface area contributed by atoms with Gasteiger partial charge in [-0.15, -0.1) is 23.5 Å². The number of aromatic hydroxyl groups is 2. The third kappa shape index (κ3) is 7.54. The van der Waals surface area contributed by atoms with E-state index in [4.69, 9.17) is 0 Å². The molecule has 0 spiro atoms. The minimum absolute atomic E-state index is 0.0599. The van der Waals surface area contributed by atoms with Crippen LogP contribution in [0.15, 0.2) is 31.5 Å². The van der Waals surface area contributed by atoms with Crippen molar-refractivity contribution < 1.29 is 18.6 Å². The van der Waals surface area contributed by atoms with Crippen molar-refractivity contribution in [1.82, 2.24) is 9.13 Å². The van der Waals surface area contributed by atoms with Gasteiger partial charge in [0.2, 0.25) is 0 Å². The molecule has 2 atom stereocenters. The highest BCUT2D eigenvalue weighted by molar-refractivity contribution is 7.99. The fourth-order valence-corrected chi connectivity index (χ4v) is 10.4. The maximum atomic E-state index is 12.7. The lowest BCUT2D eigenvalue weighted by molar-refractivity contribution is 0.266. The Morgan fingerprint density at radius 3 is 1.46 bits per heavy atom. The Labute approximate surface area is 255 Å². The standard InChI is InChI=1S/C29H42N2O6S4/c1-28(2,30-24(32)18-22-20(26(30)34)8-12-38-22)10-5-14-40(36)16-7-17-41(37)15-6-11-29(3,4)31-25(33)19-23-21(27(31)35)9-13-39-23/h18-19,34-35H,5-17H2,1-4H3. The fraction of sp³-hybridized carbons (Fsp3) is 0.655. The summed E-state index contributed by atoms with van der Waals surface area (Å²) in [5.74, 6) is 3.82. The van der Waals surface area contributed by atoms with Gasteiger partial charge in [0, 0.05) is 100 Å². The molecule has 4 rings (SSSR count). The minimum atomic E-state index is -1.04.